The van der Waals surface area contributed by atoms with Gasteiger partial charge in [-0.1, -0.05) is 60.1 Å². The first kappa shape index (κ1) is 26.7. The van der Waals surface area contributed by atoms with Crippen LogP contribution >= 0.6 is 11.6 Å². The summed E-state index contributed by atoms with van der Waals surface area (Å²) in [7, 11) is 0. The van der Waals surface area contributed by atoms with Crippen molar-refractivity contribution < 1.29 is 4.42 Å². The fourth-order valence-electron chi connectivity index (χ4n) is 5.17. The van der Waals surface area contributed by atoms with Crippen molar-refractivity contribution in [3.63, 3.8) is 0 Å². The lowest BCUT2D eigenvalue weighted by molar-refractivity contribution is 0.193. The molecule has 1 atom stereocenters. The van der Waals surface area contributed by atoms with Crippen LogP contribution in [0, 0.1) is 13.8 Å². The highest BCUT2D eigenvalue weighted by atomic mass is 35.5. The van der Waals surface area contributed by atoms with E-state index < -0.39 is 6.04 Å². The summed E-state index contributed by atoms with van der Waals surface area (Å²) in [5, 5.41) is 14.4. The number of pyridine rings is 1. The second-order valence-corrected chi connectivity index (χ2v) is 10.6. The van der Waals surface area contributed by atoms with E-state index in [4.69, 9.17) is 16.0 Å². The fourth-order valence-corrected chi connectivity index (χ4v) is 5.36. The second kappa shape index (κ2) is 11.5. The summed E-state index contributed by atoms with van der Waals surface area (Å²) in [5.41, 5.74) is 5.41. The van der Waals surface area contributed by atoms with Crippen LogP contribution in [-0.4, -0.2) is 30.1 Å². The maximum Gasteiger partial charge on any atom is 0.253 e. The van der Waals surface area contributed by atoms with Crippen LogP contribution in [0.4, 0.5) is 0 Å². The average molecular weight is 565 g/mol. The summed E-state index contributed by atoms with van der Waals surface area (Å²) in [5.74, 6) is 1.23. The largest absolute Gasteiger partial charge is 0.467 e. The number of benzene rings is 3. The molecule has 0 aliphatic heterocycles. The number of H-pyrrole nitrogens is 1. The first-order valence-electron chi connectivity index (χ1n) is 13.4. The first-order chi connectivity index (χ1) is 20.0. The van der Waals surface area contributed by atoms with Gasteiger partial charge in [-0.05, 0) is 88.3 Å². The summed E-state index contributed by atoms with van der Waals surface area (Å²) in [4.78, 5) is 19.2. The number of aromatic amines is 1. The zero-order valence-electron chi connectivity index (χ0n) is 22.8. The van der Waals surface area contributed by atoms with E-state index in [2.05, 4.69) is 50.5 Å². The Morgan fingerprint density at radius 3 is 2.51 bits per heavy atom. The Balaban J connectivity index is 1.55. The highest BCUT2D eigenvalue weighted by molar-refractivity contribution is 6.31. The molecule has 0 radical (unpaired) electrons. The molecule has 1 N–H and O–H groups in total. The number of nitrogens with one attached hydrogen (secondary N) is 1. The van der Waals surface area contributed by atoms with Crippen LogP contribution in [0.5, 0.6) is 0 Å². The number of nitrogens with zero attached hydrogens (tertiary/aromatic N) is 5. The number of furan rings is 1. The van der Waals surface area contributed by atoms with Gasteiger partial charge in [-0.2, -0.15) is 0 Å². The molecule has 3 heterocycles. The number of rotatable bonds is 9. The van der Waals surface area contributed by atoms with Gasteiger partial charge in [-0.3, -0.25) is 9.69 Å². The van der Waals surface area contributed by atoms with Gasteiger partial charge in [-0.15, -0.1) is 5.10 Å². The third-order valence-corrected chi connectivity index (χ3v) is 7.77. The molecule has 3 aromatic heterocycles. The van der Waals surface area contributed by atoms with Gasteiger partial charge in [0.1, 0.15) is 18.3 Å². The van der Waals surface area contributed by atoms with Crippen molar-refractivity contribution in [1.29, 1.82) is 0 Å². The smallest absolute Gasteiger partial charge is 0.253 e. The van der Waals surface area contributed by atoms with Crippen LogP contribution in [0.25, 0.3) is 10.9 Å². The van der Waals surface area contributed by atoms with Crippen LogP contribution in [-0.2, 0) is 19.6 Å². The van der Waals surface area contributed by atoms with Gasteiger partial charge in [0, 0.05) is 29.2 Å². The molecule has 6 aromatic rings. The summed E-state index contributed by atoms with van der Waals surface area (Å²) >= 11 is 6.66. The number of aryl methyl sites for hydroxylation is 2. The van der Waals surface area contributed by atoms with Gasteiger partial charge < -0.3 is 9.40 Å². The number of hydrogen-bond donors (Lipinski definition) is 1. The maximum absolute atomic E-state index is 13.9. The Hall–Kier alpha value is -4.53. The molecule has 41 heavy (non-hydrogen) atoms. The maximum atomic E-state index is 13.9. The molecule has 0 saturated heterocycles. The van der Waals surface area contributed by atoms with Gasteiger partial charge in [0.25, 0.3) is 5.56 Å². The van der Waals surface area contributed by atoms with E-state index in [-0.39, 0.29) is 5.56 Å². The minimum atomic E-state index is -0.605. The number of fused-ring (bicyclic) bond motifs is 1. The van der Waals surface area contributed by atoms with Crippen molar-refractivity contribution >= 4 is 22.5 Å². The topological polar surface area (TPSA) is 92.8 Å². The third kappa shape index (κ3) is 5.70. The minimum absolute atomic E-state index is 0.199. The van der Waals surface area contributed by atoms with Gasteiger partial charge in [0.05, 0.1) is 6.26 Å². The molecule has 0 fully saturated rings. The molecule has 1 unspecified atom stereocenters. The summed E-state index contributed by atoms with van der Waals surface area (Å²) in [6.07, 6.45) is 1.62. The quantitative estimate of drug-likeness (QED) is 0.224. The highest BCUT2D eigenvalue weighted by Crippen LogP contribution is 2.32. The van der Waals surface area contributed by atoms with Crippen LogP contribution in [0.2, 0.25) is 5.02 Å². The van der Waals surface area contributed by atoms with Crippen molar-refractivity contribution in [1.82, 2.24) is 30.1 Å². The summed E-state index contributed by atoms with van der Waals surface area (Å²) in [6.45, 7) is 5.41. The minimum Gasteiger partial charge on any atom is -0.467 e. The zero-order chi connectivity index (χ0) is 28.3. The third-order valence-electron chi connectivity index (χ3n) is 7.40. The van der Waals surface area contributed by atoms with Crippen molar-refractivity contribution in [3.05, 3.63) is 146 Å². The normalized spacial score (nSPS) is 12.3. The first-order valence-corrected chi connectivity index (χ1v) is 13.8. The molecular formula is C32H29ClN6O2. The van der Waals surface area contributed by atoms with Crippen molar-refractivity contribution in [2.45, 2.75) is 39.5 Å². The Labute approximate surface area is 242 Å². The zero-order valence-corrected chi connectivity index (χ0v) is 23.5. The van der Waals surface area contributed by atoms with Crippen LogP contribution in [0.15, 0.2) is 100 Å². The summed E-state index contributed by atoms with van der Waals surface area (Å²) in [6, 6.07) is 27.1. The van der Waals surface area contributed by atoms with E-state index in [9.17, 15) is 4.79 Å². The lowest BCUT2D eigenvalue weighted by Gasteiger charge is -2.31. The highest BCUT2D eigenvalue weighted by Gasteiger charge is 2.31. The molecule has 8 nitrogen and oxygen atoms in total. The average Bonchev–Trinajstić information content (AvgIpc) is 3.65. The molecule has 9 heteroatoms. The van der Waals surface area contributed by atoms with Crippen molar-refractivity contribution in [2.24, 2.45) is 0 Å². The predicted molar refractivity (Wildman–Crippen MR) is 159 cm³/mol. The molecular weight excluding hydrogens is 536 g/mol. The fraction of sp³-hybridized carbons (Fsp3) is 0.188. The number of aromatic nitrogens is 5. The Morgan fingerprint density at radius 2 is 1.73 bits per heavy atom. The lowest BCUT2D eigenvalue weighted by Crippen LogP contribution is -2.35. The Kier molecular flexibility index (Phi) is 7.50. The van der Waals surface area contributed by atoms with E-state index in [1.165, 1.54) is 0 Å². The SMILES string of the molecule is Cc1cc2cc(C(c3nnnn3Cc3ccco3)N(Cc3ccccc3)Cc3ccccc3Cl)c(=O)[nH]c2cc1C. The molecule has 3 aromatic carbocycles. The summed E-state index contributed by atoms with van der Waals surface area (Å²) < 4.78 is 7.30. The molecule has 0 bridgehead atoms. The standard InChI is InChI=1S/C32H29ClN6O2/c1-21-15-25-17-27(32(40)34-29(25)16-22(21)2)30(31-35-36-37-39(31)20-26-12-8-14-41-26)38(18-23-9-4-3-5-10-23)19-24-11-6-7-13-28(24)33/h3-17,30H,18-20H2,1-2H3,(H,34,40). The number of tetrazole rings is 1. The van der Waals surface area contributed by atoms with Crippen molar-refractivity contribution in [3.8, 4) is 0 Å². The molecule has 0 amide bonds. The van der Waals surface area contributed by atoms with Gasteiger partial charge in [0.2, 0.25) is 0 Å². The van der Waals surface area contributed by atoms with Crippen LogP contribution < -0.4 is 5.56 Å². The molecule has 6 rings (SSSR count). The van der Waals surface area contributed by atoms with Gasteiger partial charge >= 0.3 is 0 Å². The molecule has 0 aliphatic rings. The second-order valence-electron chi connectivity index (χ2n) is 10.2. The molecule has 0 aliphatic carbocycles. The number of hydrogen-bond acceptors (Lipinski definition) is 6. The van der Waals surface area contributed by atoms with E-state index in [1.54, 1.807) is 10.9 Å². The van der Waals surface area contributed by atoms with E-state index >= 15 is 0 Å². The van der Waals surface area contributed by atoms with E-state index in [0.717, 1.165) is 33.2 Å². The monoisotopic (exact) mass is 564 g/mol. The predicted octanol–water partition coefficient (Wildman–Crippen LogP) is 6.22. The molecule has 0 spiro atoms. The van der Waals surface area contributed by atoms with E-state index in [0.29, 0.717) is 41.8 Å². The van der Waals surface area contributed by atoms with Gasteiger partial charge in [0.15, 0.2) is 5.82 Å². The molecule has 206 valence electrons. The van der Waals surface area contributed by atoms with Crippen LogP contribution in [0.3, 0.4) is 0 Å². The van der Waals surface area contributed by atoms with E-state index in [1.807, 2.05) is 73.7 Å². The Morgan fingerprint density at radius 1 is 0.951 bits per heavy atom. The van der Waals surface area contributed by atoms with Crippen LogP contribution in [0.1, 0.15) is 45.4 Å². The number of halogens is 1. The van der Waals surface area contributed by atoms with Gasteiger partial charge in [-0.25, -0.2) is 4.68 Å². The van der Waals surface area contributed by atoms with Crippen molar-refractivity contribution in [2.75, 3.05) is 0 Å². The molecule has 0 saturated carbocycles. The Bertz CT molecular complexity index is 1850. The lowest BCUT2D eigenvalue weighted by atomic mass is 9.99.